The summed E-state index contributed by atoms with van der Waals surface area (Å²) in [6.07, 6.45) is 2.46. The largest absolute Gasteiger partial charge is 0.478 e. The standard InChI is InChI=1S/C12H13FO3/c1-2-3-6-16-8-9-4-5-10(12(14)15)11(13)7-9/h2,4-5,7H,1,3,6,8H2,(H,14,15). The Kier molecular flexibility index (Phi) is 4.66. The zero-order chi connectivity index (χ0) is 12.0. The second-order valence-electron chi connectivity index (χ2n) is 3.25. The van der Waals surface area contributed by atoms with Gasteiger partial charge in [0, 0.05) is 0 Å². The van der Waals surface area contributed by atoms with Gasteiger partial charge < -0.3 is 9.84 Å². The molecule has 1 aromatic carbocycles. The van der Waals surface area contributed by atoms with Crippen LogP contribution in [0.3, 0.4) is 0 Å². The summed E-state index contributed by atoms with van der Waals surface area (Å²) in [4.78, 5) is 10.5. The van der Waals surface area contributed by atoms with Crippen molar-refractivity contribution in [3.05, 3.63) is 47.8 Å². The first-order valence-electron chi connectivity index (χ1n) is 4.85. The summed E-state index contributed by atoms with van der Waals surface area (Å²) >= 11 is 0. The fraction of sp³-hybridized carbons (Fsp3) is 0.250. The lowest BCUT2D eigenvalue weighted by Gasteiger charge is -2.04. The first-order valence-corrected chi connectivity index (χ1v) is 4.85. The molecule has 1 aromatic rings. The first kappa shape index (κ1) is 12.4. The minimum Gasteiger partial charge on any atom is -0.478 e. The van der Waals surface area contributed by atoms with Crippen LogP contribution in [0.15, 0.2) is 30.9 Å². The SMILES string of the molecule is C=CCCOCc1ccc(C(=O)O)c(F)c1. The Morgan fingerprint density at radius 1 is 1.56 bits per heavy atom. The third-order valence-corrected chi connectivity index (χ3v) is 2.00. The number of halogens is 1. The van der Waals surface area contributed by atoms with Crippen molar-refractivity contribution in [3.8, 4) is 0 Å². The second-order valence-corrected chi connectivity index (χ2v) is 3.25. The van der Waals surface area contributed by atoms with Crippen LogP contribution in [0.4, 0.5) is 4.39 Å². The predicted octanol–water partition coefficient (Wildman–Crippen LogP) is 2.62. The lowest BCUT2D eigenvalue weighted by atomic mass is 10.1. The number of carboxylic acids is 1. The highest BCUT2D eigenvalue weighted by molar-refractivity contribution is 5.87. The maximum Gasteiger partial charge on any atom is 0.338 e. The molecule has 0 spiro atoms. The molecule has 0 aliphatic carbocycles. The minimum absolute atomic E-state index is 0.269. The fourth-order valence-corrected chi connectivity index (χ4v) is 1.18. The maximum atomic E-state index is 13.2. The van der Waals surface area contributed by atoms with Gasteiger partial charge in [-0.15, -0.1) is 6.58 Å². The van der Waals surface area contributed by atoms with Gasteiger partial charge in [0.25, 0.3) is 0 Å². The normalized spacial score (nSPS) is 10.1. The Morgan fingerprint density at radius 3 is 2.88 bits per heavy atom. The number of hydrogen-bond donors (Lipinski definition) is 1. The Labute approximate surface area is 93.2 Å². The van der Waals surface area contributed by atoms with E-state index in [0.29, 0.717) is 12.2 Å². The van der Waals surface area contributed by atoms with Gasteiger partial charge in [0.05, 0.1) is 18.8 Å². The minimum atomic E-state index is -1.27. The molecular weight excluding hydrogens is 211 g/mol. The van der Waals surface area contributed by atoms with Crippen molar-refractivity contribution in [3.63, 3.8) is 0 Å². The Bertz CT molecular complexity index is 388. The van der Waals surface area contributed by atoms with Gasteiger partial charge in [-0.1, -0.05) is 12.1 Å². The molecule has 0 saturated heterocycles. The van der Waals surface area contributed by atoms with Crippen LogP contribution in [0, 0.1) is 5.82 Å². The summed E-state index contributed by atoms with van der Waals surface area (Å²) in [6.45, 7) is 4.33. The van der Waals surface area contributed by atoms with E-state index < -0.39 is 11.8 Å². The molecule has 0 aliphatic rings. The number of rotatable bonds is 6. The van der Waals surface area contributed by atoms with E-state index in [1.165, 1.54) is 12.1 Å². The van der Waals surface area contributed by atoms with Crippen LogP contribution in [-0.2, 0) is 11.3 Å². The lowest BCUT2D eigenvalue weighted by molar-refractivity contribution is 0.0691. The highest BCUT2D eigenvalue weighted by Crippen LogP contribution is 2.11. The van der Waals surface area contributed by atoms with Crippen molar-refractivity contribution in [1.82, 2.24) is 0 Å². The molecule has 0 unspecified atom stereocenters. The smallest absolute Gasteiger partial charge is 0.338 e. The van der Waals surface area contributed by atoms with Crippen molar-refractivity contribution in [2.24, 2.45) is 0 Å². The van der Waals surface area contributed by atoms with Crippen LogP contribution < -0.4 is 0 Å². The lowest BCUT2D eigenvalue weighted by Crippen LogP contribution is -2.02. The summed E-state index contributed by atoms with van der Waals surface area (Å²) in [7, 11) is 0. The van der Waals surface area contributed by atoms with Crippen molar-refractivity contribution < 1.29 is 19.0 Å². The van der Waals surface area contributed by atoms with Crippen molar-refractivity contribution in [2.75, 3.05) is 6.61 Å². The zero-order valence-corrected chi connectivity index (χ0v) is 8.78. The third kappa shape index (κ3) is 3.47. The monoisotopic (exact) mass is 224 g/mol. The average Bonchev–Trinajstić information content (AvgIpc) is 2.24. The van der Waals surface area contributed by atoms with E-state index in [0.717, 1.165) is 6.42 Å². The van der Waals surface area contributed by atoms with E-state index in [2.05, 4.69) is 6.58 Å². The molecule has 86 valence electrons. The highest BCUT2D eigenvalue weighted by atomic mass is 19.1. The number of carboxylic acid groups (broad SMARTS) is 1. The average molecular weight is 224 g/mol. The molecule has 1 rings (SSSR count). The maximum absolute atomic E-state index is 13.2. The molecule has 0 aromatic heterocycles. The van der Waals surface area contributed by atoms with Gasteiger partial charge in [-0.3, -0.25) is 0 Å². The number of ether oxygens (including phenoxy) is 1. The topological polar surface area (TPSA) is 46.5 Å². The summed E-state index contributed by atoms with van der Waals surface area (Å²) in [6, 6.07) is 3.96. The van der Waals surface area contributed by atoms with Gasteiger partial charge in [-0.25, -0.2) is 9.18 Å². The zero-order valence-electron chi connectivity index (χ0n) is 8.78. The molecule has 0 bridgehead atoms. The fourth-order valence-electron chi connectivity index (χ4n) is 1.18. The van der Waals surface area contributed by atoms with E-state index in [9.17, 15) is 9.18 Å². The summed E-state index contributed by atoms with van der Waals surface area (Å²) < 4.78 is 18.5. The van der Waals surface area contributed by atoms with Crippen LogP contribution in [0.2, 0.25) is 0 Å². The number of benzene rings is 1. The van der Waals surface area contributed by atoms with Crippen LogP contribution in [0.25, 0.3) is 0 Å². The summed E-state index contributed by atoms with van der Waals surface area (Å²) in [5.41, 5.74) is 0.293. The molecule has 0 fully saturated rings. The molecule has 3 nitrogen and oxygen atoms in total. The molecular formula is C12H13FO3. The molecule has 1 N–H and O–H groups in total. The van der Waals surface area contributed by atoms with Gasteiger partial charge in [-0.05, 0) is 24.1 Å². The molecule has 16 heavy (non-hydrogen) atoms. The molecule has 0 atom stereocenters. The van der Waals surface area contributed by atoms with Crippen molar-refractivity contribution >= 4 is 5.97 Å². The van der Waals surface area contributed by atoms with Crippen molar-refractivity contribution in [1.29, 1.82) is 0 Å². The van der Waals surface area contributed by atoms with Crippen LogP contribution in [0.5, 0.6) is 0 Å². The molecule has 0 amide bonds. The second kappa shape index (κ2) is 6.02. The summed E-state index contributed by atoms with van der Waals surface area (Å²) in [5.74, 6) is -2.01. The quantitative estimate of drug-likeness (QED) is 0.596. The molecule has 4 heteroatoms. The third-order valence-electron chi connectivity index (χ3n) is 2.00. The van der Waals surface area contributed by atoms with Gasteiger partial charge in [0.15, 0.2) is 0 Å². The number of hydrogen-bond acceptors (Lipinski definition) is 2. The van der Waals surface area contributed by atoms with Gasteiger partial charge in [0.2, 0.25) is 0 Å². The van der Waals surface area contributed by atoms with E-state index in [-0.39, 0.29) is 12.2 Å². The van der Waals surface area contributed by atoms with Gasteiger partial charge in [0.1, 0.15) is 5.82 Å². The predicted molar refractivity (Wildman–Crippen MR) is 57.8 cm³/mol. The van der Waals surface area contributed by atoms with Gasteiger partial charge >= 0.3 is 5.97 Å². The molecule has 0 heterocycles. The Morgan fingerprint density at radius 2 is 2.31 bits per heavy atom. The van der Waals surface area contributed by atoms with Crippen LogP contribution in [-0.4, -0.2) is 17.7 Å². The molecule has 0 radical (unpaired) electrons. The molecule has 0 saturated carbocycles. The van der Waals surface area contributed by atoms with Gasteiger partial charge in [-0.2, -0.15) is 0 Å². The number of carbonyl (C=O) groups is 1. The molecule has 0 aliphatic heterocycles. The highest BCUT2D eigenvalue weighted by Gasteiger charge is 2.09. The van der Waals surface area contributed by atoms with E-state index >= 15 is 0 Å². The Balaban J connectivity index is 2.59. The van der Waals surface area contributed by atoms with Crippen LogP contribution >= 0.6 is 0 Å². The van der Waals surface area contributed by atoms with E-state index in [4.69, 9.17) is 9.84 Å². The van der Waals surface area contributed by atoms with Crippen LogP contribution in [0.1, 0.15) is 22.3 Å². The van der Waals surface area contributed by atoms with E-state index in [1.807, 2.05) is 0 Å². The van der Waals surface area contributed by atoms with E-state index in [1.54, 1.807) is 12.1 Å². The number of aromatic carboxylic acids is 1. The first-order chi connectivity index (χ1) is 7.65. The summed E-state index contributed by atoms with van der Waals surface area (Å²) in [5, 5.41) is 8.62. The Hall–Kier alpha value is -1.68. The van der Waals surface area contributed by atoms with Crippen molar-refractivity contribution in [2.45, 2.75) is 13.0 Å².